The van der Waals surface area contributed by atoms with E-state index >= 15 is 0 Å². The number of carbonyl (C=O) groups is 1. The van der Waals surface area contributed by atoms with E-state index in [0.717, 1.165) is 76.3 Å². The summed E-state index contributed by atoms with van der Waals surface area (Å²) in [5.74, 6) is 0.287. The molecule has 3 heterocycles. The Morgan fingerprint density at radius 3 is 2.68 bits per heavy atom. The molecule has 1 amide bonds. The van der Waals surface area contributed by atoms with Gasteiger partial charge in [0, 0.05) is 43.7 Å². The van der Waals surface area contributed by atoms with Gasteiger partial charge in [0.15, 0.2) is 0 Å². The Hall–Kier alpha value is -1.27. The number of benzene rings is 1. The second kappa shape index (κ2) is 13.2. The fourth-order valence-corrected chi connectivity index (χ4v) is 9.77. The number of nitrogens with one attached hydrogen (secondary N) is 2. The Kier molecular flexibility index (Phi) is 10.0. The zero-order valence-electron chi connectivity index (χ0n) is 24.8. The minimum absolute atomic E-state index is 0.0519. The predicted molar refractivity (Wildman–Crippen MR) is 162 cm³/mol. The van der Waals surface area contributed by atoms with Gasteiger partial charge in [-0.3, -0.25) is 13.9 Å². The largest absolute Gasteiger partial charge is 0.376 e. The molecule has 2 bridgehead atoms. The Morgan fingerprint density at radius 1 is 1.17 bits per heavy atom. The van der Waals surface area contributed by atoms with E-state index < -0.39 is 16.8 Å². The minimum atomic E-state index is -2.72. The fraction of sp³-hybridized carbons (Fsp3) is 0.774. The summed E-state index contributed by atoms with van der Waals surface area (Å²) in [6, 6.07) is 6.19. The van der Waals surface area contributed by atoms with E-state index in [4.69, 9.17) is 10.5 Å². The lowest BCUT2D eigenvalue weighted by atomic mass is 9.73. The van der Waals surface area contributed by atoms with Crippen molar-refractivity contribution in [2.75, 3.05) is 25.4 Å². The van der Waals surface area contributed by atoms with Gasteiger partial charge in [-0.2, -0.15) is 0 Å². The third-order valence-electron chi connectivity index (χ3n) is 10.1. The molecule has 5 rings (SSSR count). The van der Waals surface area contributed by atoms with Gasteiger partial charge in [0.1, 0.15) is 5.82 Å². The number of nitrogens with zero attached hydrogens (tertiary/aromatic N) is 1. The minimum Gasteiger partial charge on any atom is -0.376 e. The molecule has 3 saturated heterocycles. The molecule has 3 aliphatic heterocycles. The van der Waals surface area contributed by atoms with Gasteiger partial charge in [0.05, 0.1) is 17.4 Å². The summed E-state index contributed by atoms with van der Waals surface area (Å²) < 4.78 is 43.4. The van der Waals surface area contributed by atoms with Crippen LogP contribution in [0.2, 0.25) is 0 Å². The molecule has 0 spiro atoms. The van der Waals surface area contributed by atoms with Gasteiger partial charge < -0.3 is 21.1 Å². The van der Waals surface area contributed by atoms with E-state index in [1.165, 1.54) is 12.1 Å². The number of nitrogens with two attached hydrogens (primary N) is 1. The first-order chi connectivity index (χ1) is 19.5. The van der Waals surface area contributed by atoms with E-state index in [1.54, 1.807) is 12.1 Å². The Labute approximate surface area is 246 Å². The molecule has 10 heteroatoms. The van der Waals surface area contributed by atoms with Crippen LogP contribution in [0, 0.1) is 17.7 Å². The molecule has 8 atom stereocenters. The maximum atomic E-state index is 13.8. The van der Waals surface area contributed by atoms with E-state index in [2.05, 4.69) is 24.5 Å². The summed E-state index contributed by atoms with van der Waals surface area (Å²) >= 11 is 0. The lowest BCUT2D eigenvalue weighted by molar-refractivity contribution is -0.126. The van der Waals surface area contributed by atoms with Crippen LogP contribution in [0.15, 0.2) is 24.3 Å². The van der Waals surface area contributed by atoms with Crippen molar-refractivity contribution in [3.05, 3.63) is 35.6 Å². The van der Waals surface area contributed by atoms with Crippen LogP contribution in [-0.2, 0) is 9.53 Å². The molecule has 41 heavy (non-hydrogen) atoms. The number of halogens is 1. The van der Waals surface area contributed by atoms with Gasteiger partial charge in [-0.25, -0.2) is 8.70 Å². The van der Waals surface area contributed by atoms with Crippen molar-refractivity contribution in [1.82, 2.24) is 14.9 Å². The fourth-order valence-electron chi connectivity index (χ4n) is 7.91. The van der Waals surface area contributed by atoms with Crippen LogP contribution >= 0.6 is 10.8 Å². The lowest BCUT2D eigenvalue weighted by Crippen LogP contribution is -2.56. The maximum absolute atomic E-state index is 13.8. The number of amides is 1. The molecule has 232 valence electrons. The third-order valence-corrected chi connectivity index (χ3v) is 12.1. The van der Waals surface area contributed by atoms with E-state index in [1.807, 2.05) is 4.31 Å². The molecule has 1 aliphatic carbocycles. The monoisotopic (exact) mass is 594 g/mol. The molecule has 0 aromatic heterocycles. The first kappa shape index (κ1) is 31.2. The molecule has 4 fully saturated rings. The van der Waals surface area contributed by atoms with Crippen LogP contribution < -0.4 is 16.4 Å². The molecule has 1 aromatic carbocycles. The Bertz CT molecular complexity index is 1030. The highest BCUT2D eigenvalue weighted by Gasteiger charge is 2.41. The zero-order chi connectivity index (χ0) is 29.2. The molecule has 4 aliphatic rings. The molecular weight excluding hydrogens is 543 g/mol. The standard InChI is InChI=1S/C31H51FN4O4S/c1-31(2)18-23(15-16-40-31)28(22-9-12-24(32)13-10-22)29(33)30(37)35-27-8-4-3-6-21(27)11-14-26-19-34-25-7-5-17-41(38,39)36(26)20-25/h9-10,12-13,21,23,25-29,34,38-39H,3-8,11,14-20,33H2,1-2H3,(H,35,37)/t21-,23+,25-,26+,27+,28+,29+/m1/s1. The molecule has 8 nitrogen and oxygen atoms in total. The highest BCUT2D eigenvalue weighted by molar-refractivity contribution is 8.22. The summed E-state index contributed by atoms with van der Waals surface area (Å²) in [6.07, 6.45) is 9.41. The summed E-state index contributed by atoms with van der Waals surface area (Å²) in [4.78, 5) is 13.8. The number of fused-ring (bicyclic) bond motifs is 2. The van der Waals surface area contributed by atoms with Crippen molar-refractivity contribution in [2.24, 2.45) is 17.6 Å². The summed E-state index contributed by atoms with van der Waals surface area (Å²) in [6.45, 7) is 6.24. The quantitative estimate of drug-likeness (QED) is 0.287. The highest BCUT2D eigenvalue weighted by atomic mass is 32.3. The summed E-state index contributed by atoms with van der Waals surface area (Å²) in [7, 11) is -2.72. The Morgan fingerprint density at radius 2 is 1.93 bits per heavy atom. The second-order valence-corrected chi connectivity index (χ2v) is 15.7. The number of ether oxygens (including phenoxy) is 1. The first-order valence-electron chi connectivity index (χ1n) is 15.7. The summed E-state index contributed by atoms with van der Waals surface area (Å²) in [5.41, 5.74) is 7.39. The van der Waals surface area contributed by atoms with Crippen molar-refractivity contribution >= 4 is 16.7 Å². The molecule has 1 aromatic rings. The molecule has 1 unspecified atom stereocenters. The number of rotatable bonds is 8. The smallest absolute Gasteiger partial charge is 0.237 e. The van der Waals surface area contributed by atoms with Gasteiger partial charge >= 0.3 is 0 Å². The Balaban J connectivity index is 1.25. The maximum Gasteiger partial charge on any atom is 0.237 e. The normalized spacial score (nSPS) is 35.5. The topological polar surface area (TPSA) is 120 Å². The summed E-state index contributed by atoms with van der Waals surface area (Å²) in [5, 5.41) is 6.98. The van der Waals surface area contributed by atoms with Gasteiger partial charge in [-0.15, -0.1) is 10.8 Å². The van der Waals surface area contributed by atoms with E-state index in [-0.39, 0.29) is 41.2 Å². The SMILES string of the molecule is CC1(C)C[C@@H]([C@H](c2ccc(F)cc2)[C@H](N)C(=O)N[C@H]2CCCC[C@@H]2CC[C@H]2CN[C@@H]3CCCS(O)(O)N2C3)CCO1. The van der Waals surface area contributed by atoms with Crippen molar-refractivity contribution in [3.8, 4) is 0 Å². The molecule has 1 saturated carbocycles. The van der Waals surface area contributed by atoms with Crippen molar-refractivity contribution in [2.45, 2.75) is 114 Å². The van der Waals surface area contributed by atoms with Crippen LogP contribution in [0.4, 0.5) is 4.39 Å². The van der Waals surface area contributed by atoms with Crippen LogP contribution in [0.1, 0.15) is 89.5 Å². The van der Waals surface area contributed by atoms with Crippen LogP contribution in [0.5, 0.6) is 0 Å². The average Bonchev–Trinajstić information content (AvgIpc) is 3.04. The van der Waals surface area contributed by atoms with Crippen LogP contribution in [-0.4, -0.2) is 74.5 Å². The molecule has 0 radical (unpaired) electrons. The number of hydrogen-bond acceptors (Lipinski definition) is 7. The van der Waals surface area contributed by atoms with Crippen molar-refractivity contribution < 1.29 is 23.0 Å². The number of hydrogen-bond donors (Lipinski definition) is 5. The first-order valence-corrected chi connectivity index (χ1v) is 17.4. The molecular formula is C31H51FN4O4S. The van der Waals surface area contributed by atoms with Gasteiger partial charge in [-0.05, 0) is 94.7 Å². The van der Waals surface area contributed by atoms with Crippen LogP contribution in [0.3, 0.4) is 0 Å². The van der Waals surface area contributed by atoms with Gasteiger partial charge in [-0.1, -0.05) is 25.0 Å². The van der Waals surface area contributed by atoms with E-state index in [9.17, 15) is 18.3 Å². The second-order valence-electron chi connectivity index (χ2n) is 13.5. The van der Waals surface area contributed by atoms with Gasteiger partial charge in [0.25, 0.3) is 0 Å². The highest BCUT2D eigenvalue weighted by Crippen LogP contribution is 2.49. The number of carbonyl (C=O) groups excluding carboxylic acids is 1. The zero-order valence-corrected chi connectivity index (χ0v) is 25.6. The third kappa shape index (κ3) is 7.63. The lowest BCUT2D eigenvalue weighted by Gasteiger charge is -2.49. The number of piperazine rings is 1. The van der Waals surface area contributed by atoms with Gasteiger partial charge in [0.2, 0.25) is 5.91 Å². The van der Waals surface area contributed by atoms with Crippen molar-refractivity contribution in [3.63, 3.8) is 0 Å². The van der Waals surface area contributed by atoms with Crippen molar-refractivity contribution in [1.29, 1.82) is 0 Å². The molecule has 6 N–H and O–H groups in total. The van der Waals surface area contributed by atoms with E-state index in [0.29, 0.717) is 30.9 Å². The predicted octanol–water partition coefficient (Wildman–Crippen LogP) is 5.00. The van der Waals surface area contributed by atoms with Crippen LogP contribution in [0.25, 0.3) is 0 Å². The average molecular weight is 595 g/mol.